The number of hydrogen-bond donors (Lipinski definition) is 0. The number of aryl methyl sites for hydroxylation is 2. The third-order valence-corrected chi connectivity index (χ3v) is 5.18. The van der Waals surface area contributed by atoms with Crippen LogP contribution in [0, 0.1) is 25.2 Å². The van der Waals surface area contributed by atoms with E-state index in [1.807, 2.05) is 61.2 Å². The minimum absolute atomic E-state index is 0.0443. The van der Waals surface area contributed by atoms with Crippen LogP contribution >= 0.6 is 0 Å². The molecular formula is C23H27N3O2. The molecule has 0 bridgehead atoms. The molecule has 0 spiro atoms. The van der Waals surface area contributed by atoms with E-state index in [1.165, 1.54) is 5.56 Å². The van der Waals surface area contributed by atoms with Gasteiger partial charge < -0.3 is 9.64 Å². The van der Waals surface area contributed by atoms with Crippen molar-refractivity contribution in [1.82, 2.24) is 9.80 Å². The van der Waals surface area contributed by atoms with E-state index in [0.29, 0.717) is 12.1 Å². The van der Waals surface area contributed by atoms with E-state index in [9.17, 15) is 4.79 Å². The first kappa shape index (κ1) is 19.9. The Labute approximate surface area is 167 Å². The highest BCUT2D eigenvalue weighted by Crippen LogP contribution is 2.22. The summed E-state index contributed by atoms with van der Waals surface area (Å²) in [6, 6.07) is 15.9. The van der Waals surface area contributed by atoms with Crippen molar-refractivity contribution < 1.29 is 9.53 Å². The number of para-hydroxylation sites is 1. The minimum atomic E-state index is 0.0443. The Morgan fingerprint density at radius 3 is 2.43 bits per heavy atom. The summed E-state index contributed by atoms with van der Waals surface area (Å²) >= 11 is 0. The molecule has 3 rings (SSSR count). The van der Waals surface area contributed by atoms with E-state index in [-0.39, 0.29) is 12.5 Å². The predicted molar refractivity (Wildman–Crippen MR) is 109 cm³/mol. The number of carbonyl (C=O) groups is 1. The summed E-state index contributed by atoms with van der Waals surface area (Å²) in [6.45, 7) is 8.20. The van der Waals surface area contributed by atoms with Crippen LogP contribution in [-0.4, -0.2) is 48.5 Å². The van der Waals surface area contributed by atoms with Crippen molar-refractivity contribution in [3.05, 3.63) is 64.7 Å². The molecule has 1 aliphatic heterocycles. The number of benzene rings is 2. The maximum atomic E-state index is 12.6. The first-order chi connectivity index (χ1) is 13.6. The predicted octanol–water partition coefficient (Wildman–Crippen LogP) is 3.29. The van der Waals surface area contributed by atoms with Crippen LogP contribution in [0.1, 0.15) is 28.7 Å². The maximum Gasteiger partial charge on any atom is 0.260 e. The normalized spacial score (nSPS) is 15.0. The van der Waals surface area contributed by atoms with Gasteiger partial charge in [0.05, 0.1) is 11.6 Å². The highest BCUT2D eigenvalue weighted by molar-refractivity contribution is 5.78. The molecule has 0 unspecified atom stereocenters. The van der Waals surface area contributed by atoms with Gasteiger partial charge in [-0.25, -0.2) is 0 Å². The minimum Gasteiger partial charge on any atom is -0.483 e. The fourth-order valence-electron chi connectivity index (χ4n) is 3.57. The standard InChI is InChI=1S/C23H27N3O2/c1-18-5-3-6-19(2)23(18)28-17-22(27)26-12-4-11-25(13-14-26)16-21-9-7-20(15-24)8-10-21/h3,5-10H,4,11-14,16-17H2,1-2H3. The Hall–Kier alpha value is -2.84. The number of nitrogens with zero attached hydrogens (tertiary/aromatic N) is 3. The number of carbonyl (C=O) groups excluding carboxylic acids is 1. The third-order valence-electron chi connectivity index (χ3n) is 5.18. The van der Waals surface area contributed by atoms with Gasteiger partial charge in [0.1, 0.15) is 5.75 Å². The van der Waals surface area contributed by atoms with Crippen LogP contribution in [0.5, 0.6) is 5.75 Å². The Balaban J connectivity index is 1.51. The van der Waals surface area contributed by atoms with E-state index >= 15 is 0 Å². The number of ether oxygens (including phenoxy) is 1. The molecule has 0 aromatic heterocycles. The van der Waals surface area contributed by atoms with Crippen LogP contribution in [-0.2, 0) is 11.3 Å². The molecular weight excluding hydrogens is 350 g/mol. The Morgan fingerprint density at radius 1 is 1.04 bits per heavy atom. The van der Waals surface area contributed by atoms with Crippen LogP contribution in [0.2, 0.25) is 0 Å². The van der Waals surface area contributed by atoms with Gasteiger partial charge in [0.25, 0.3) is 5.91 Å². The molecule has 2 aromatic carbocycles. The monoisotopic (exact) mass is 377 g/mol. The summed E-state index contributed by atoms with van der Waals surface area (Å²) in [5.41, 5.74) is 3.98. The van der Waals surface area contributed by atoms with Crippen molar-refractivity contribution in [3.8, 4) is 11.8 Å². The molecule has 5 nitrogen and oxygen atoms in total. The van der Waals surface area contributed by atoms with Gasteiger partial charge in [0.2, 0.25) is 0 Å². The molecule has 0 radical (unpaired) electrons. The zero-order valence-electron chi connectivity index (χ0n) is 16.6. The van der Waals surface area contributed by atoms with Crippen molar-refractivity contribution in [2.24, 2.45) is 0 Å². The van der Waals surface area contributed by atoms with E-state index in [2.05, 4.69) is 11.0 Å². The van der Waals surface area contributed by atoms with Crippen LogP contribution in [0.4, 0.5) is 0 Å². The fraction of sp³-hybridized carbons (Fsp3) is 0.391. The SMILES string of the molecule is Cc1cccc(C)c1OCC(=O)N1CCCN(Cc2ccc(C#N)cc2)CC1. The topological polar surface area (TPSA) is 56.6 Å². The number of hydrogen-bond acceptors (Lipinski definition) is 4. The van der Waals surface area contributed by atoms with E-state index in [1.54, 1.807) is 0 Å². The molecule has 1 saturated heterocycles. The zero-order valence-corrected chi connectivity index (χ0v) is 16.6. The summed E-state index contributed by atoms with van der Waals surface area (Å²) in [5, 5.41) is 8.91. The molecule has 0 saturated carbocycles. The summed E-state index contributed by atoms with van der Waals surface area (Å²) in [4.78, 5) is 16.9. The summed E-state index contributed by atoms with van der Waals surface area (Å²) in [6.07, 6.45) is 0.950. The lowest BCUT2D eigenvalue weighted by molar-refractivity contribution is -0.133. The van der Waals surface area contributed by atoms with Crippen LogP contribution in [0.15, 0.2) is 42.5 Å². The molecule has 1 amide bonds. The zero-order chi connectivity index (χ0) is 19.9. The van der Waals surface area contributed by atoms with E-state index in [4.69, 9.17) is 10.00 Å². The summed E-state index contributed by atoms with van der Waals surface area (Å²) in [7, 11) is 0. The molecule has 0 aliphatic carbocycles. The Morgan fingerprint density at radius 2 is 1.75 bits per heavy atom. The van der Waals surface area contributed by atoms with Crippen molar-refractivity contribution in [1.29, 1.82) is 5.26 Å². The molecule has 2 aromatic rings. The lowest BCUT2D eigenvalue weighted by Crippen LogP contribution is -2.38. The molecule has 1 aliphatic rings. The number of rotatable bonds is 5. The van der Waals surface area contributed by atoms with Crippen molar-refractivity contribution in [2.45, 2.75) is 26.8 Å². The number of amides is 1. The largest absolute Gasteiger partial charge is 0.483 e. The van der Waals surface area contributed by atoms with Gasteiger partial charge in [-0.2, -0.15) is 5.26 Å². The van der Waals surface area contributed by atoms with Crippen LogP contribution < -0.4 is 4.74 Å². The highest BCUT2D eigenvalue weighted by Gasteiger charge is 2.20. The second-order valence-corrected chi connectivity index (χ2v) is 7.33. The van der Waals surface area contributed by atoms with E-state index < -0.39 is 0 Å². The first-order valence-corrected chi connectivity index (χ1v) is 9.75. The van der Waals surface area contributed by atoms with Crippen molar-refractivity contribution in [3.63, 3.8) is 0 Å². The molecule has 1 heterocycles. The lowest BCUT2D eigenvalue weighted by atomic mass is 10.1. The van der Waals surface area contributed by atoms with Gasteiger partial charge in [-0.3, -0.25) is 9.69 Å². The molecule has 5 heteroatoms. The molecule has 0 atom stereocenters. The van der Waals surface area contributed by atoms with Gasteiger partial charge in [-0.05, 0) is 49.1 Å². The first-order valence-electron chi connectivity index (χ1n) is 9.75. The smallest absolute Gasteiger partial charge is 0.260 e. The van der Waals surface area contributed by atoms with Crippen molar-refractivity contribution in [2.75, 3.05) is 32.8 Å². The van der Waals surface area contributed by atoms with Gasteiger partial charge in [-0.15, -0.1) is 0 Å². The van der Waals surface area contributed by atoms with Gasteiger partial charge >= 0.3 is 0 Å². The summed E-state index contributed by atoms with van der Waals surface area (Å²) < 4.78 is 5.84. The fourth-order valence-corrected chi connectivity index (χ4v) is 3.57. The molecule has 0 N–H and O–H groups in total. The molecule has 146 valence electrons. The third kappa shape index (κ3) is 5.11. The van der Waals surface area contributed by atoms with Gasteiger partial charge in [-0.1, -0.05) is 30.3 Å². The molecule has 1 fully saturated rings. The quantitative estimate of drug-likeness (QED) is 0.802. The van der Waals surface area contributed by atoms with E-state index in [0.717, 1.165) is 49.5 Å². The van der Waals surface area contributed by atoms with Gasteiger partial charge in [0.15, 0.2) is 6.61 Å². The summed E-state index contributed by atoms with van der Waals surface area (Å²) in [5.74, 6) is 0.857. The molecule has 28 heavy (non-hydrogen) atoms. The number of nitriles is 1. The highest BCUT2D eigenvalue weighted by atomic mass is 16.5. The average molecular weight is 377 g/mol. The second-order valence-electron chi connectivity index (χ2n) is 7.33. The van der Waals surface area contributed by atoms with Crippen molar-refractivity contribution >= 4 is 5.91 Å². The maximum absolute atomic E-state index is 12.6. The average Bonchev–Trinajstić information content (AvgIpc) is 2.94. The second kappa shape index (κ2) is 9.38. The Bertz CT molecular complexity index is 835. The van der Waals surface area contributed by atoms with Crippen LogP contribution in [0.3, 0.4) is 0 Å². The Kier molecular flexibility index (Phi) is 6.67. The van der Waals surface area contributed by atoms with Crippen LogP contribution in [0.25, 0.3) is 0 Å². The lowest BCUT2D eigenvalue weighted by Gasteiger charge is -2.22. The van der Waals surface area contributed by atoms with Gasteiger partial charge in [0, 0.05) is 32.7 Å².